The van der Waals surface area contributed by atoms with Gasteiger partial charge in [-0.25, -0.2) is 0 Å². The molecule has 2 atom stereocenters. The highest BCUT2D eigenvalue weighted by molar-refractivity contribution is 7.98. The number of benzene rings is 1. The Morgan fingerprint density at radius 3 is 2.75 bits per heavy atom. The summed E-state index contributed by atoms with van der Waals surface area (Å²) < 4.78 is 0. The molecule has 0 aliphatic heterocycles. The summed E-state index contributed by atoms with van der Waals surface area (Å²) in [6, 6.07) is 12.9. The van der Waals surface area contributed by atoms with Crippen LogP contribution < -0.4 is 5.73 Å². The van der Waals surface area contributed by atoms with Crippen LogP contribution in [0.25, 0.3) is 0 Å². The van der Waals surface area contributed by atoms with Gasteiger partial charge >= 0.3 is 0 Å². The second-order valence-corrected chi connectivity index (χ2v) is 6.21. The van der Waals surface area contributed by atoms with E-state index >= 15 is 0 Å². The first-order valence-electron chi connectivity index (χ1n) is 7.03. The Morgan fingerprint density at radius 1 is 1.25 bits per heavy atom. The zero-order valence-electron chi connectivity index (χ0n) is 12.1. The molecule has 2 N–H and O–H groups in total. The molecule has 0 radical (unpaired) electrons. The number of hydrogen-bond acceptors (Lipinski definition) is 3. The summed E-state index contributed by atoms with van der Waals surface area (Å²) in [4.78, 5) is 4.22. The Hall–Kier alpha value is -1.32. The molecule has 0 saturated carbocycles. The smallest absolute Gasteiger partial charge is 0.0466 e. The van der Waals surface area contributed by atoms with Gasteiger partial charge in [-0.1, -0.05) is 42.8 Å². The van der Waals surface area contributed by atoms with Gasteiger partial charge in [0, 0.05) is 29.4 Å². The number of thioether (sulfide) groups is 1. The minimum Gasteiger partial charge on any atom is -0.326 e. The quantitative estimate of drug-likeness (QED) is 0.869. The molecule has 0 aliphatic rings. The van der Waals surface area contributed by atoms with E-state index in [0.717, 1.165) is 12.2 Å². The lowest BCUT2D eigenvalue weighted by atomic mass is 10.1. The molecule has 0 bridgehead atoms. The standard InChI is InChI=1S/C17H22N2S/c1-3-16(18)17(15-8-5-9-19-11-15)20-12-14-7-4-6-13(2)10-14/h4-11,16-17H,3,12,18H2,1-2H3. The van der Waals surface area contributed by atoms with Gasteiger partial charge in [0.05, 0.1) is 0 Å². The van der Waals surface area contributed by atoms with Gasteiger partial charge in [0.2, 0.25) is 0 Å². The van der Waals surface area contributed by atoms with Crippen LogP contribution in [0.3, 0.4) is 0 Å². The molecule has 20 heavy (non-hydrogen) atoms. The molecule has 2 unspecified atom stereocenters. The topological polar surface area (TPSA) is 38.9 Å². The molecule has 1 aromatic heterocycles. The average molecular weight is 286 g/mol. The highest BCUT2D eigenvalue weighted by atomic mass is 32.2. The first kappa shape index (κ1) is 15.1. The minimum atomic E-state index is 0.161. The Balaban J connectivity index is 2.09. The average Bonchev–Trinajstić information content (AvgIpc) is 2.48. The molecule has 2 nitrogen and oxygen atoms in total. The van der Waals surface area contributed by atoms with E-state index in [1.54, 1.807) is 0 Å². The maximum Gasteiger partial charge on any atom is 0.0466 e. The van der Waals surface area contributed by atoms with Crippen LogP contribution in [0.4, 0.5) is 0 Å². The van der Waals surface area contributed by atoms with Crippen LogP contribution in [-0.2, 0) is 5.75 Å². The zero-order valence-corrected chi connectivity index (χ0v) is 12.9. The van der Waals surface area contributed by atoms with Crippen LogP contribution in [0.5, 0.6) is 0 Å². The number of nitrogens with zero attached hydrogens (tertiary/aromatic N) is 1. The van der Waals surface area contributed by atoms with Crippen molar-refractivity contribution in [2.45, 2.75) is 37.3 Å². The molecule has 2 aromatic rings. The zero-order chi connectivity index (χ0) is 14.4. The first-order chi connectivity index (χ1) is 9.70. The van der Waals surface area contributed by atoms with Crippen molar-refractivity contribution in [2.75, 3.05) is 0 Å². The van der Waals surface area contributed by atoms with Crippen LogP contribution in [-0.4, -0.2) is 11.0 Å². The Bertz CT molecular complexity index is 528. The molecular weight excluding hydrogens is 264 g/mol. The summed E-state index contributed by atoms with van der Waals surface area (Å²) in [5.41, 5.74) is 10.2. The third-order valence-electron chi connectivity index (χ3n) is 3.39. The molecule has 106 valence electrons. The number of hydrogen-bond donors (Lipinski definition) is 1. The fraction of sp³-hybridized carbons (Fsp3) is 0.353. The van der Waals surface area contributed by atoms with E-state index in [9.17, 15) is 0 Å². The summed E-state index contributed by atoms with van der Waals surface area (Å²) in [5.74, 6) is 0.981. The fourth-order valence-electron chi connectivity index (χ4n) is 2.21. The van der Waals surface area contributed by atoms with Gasteiger partial charge in [-0.15, -0.1) is 11.8 Å². The van der Waals surface area contributed by atoms with Crippen LogP contribution in [0.15, 0.2) is 48.8 Å². The number of nitrogens with two attached hydrogens (primary N) is 1. The van der Waals surface area contributed by atoms with E-state index in [1.165, 1.54) is 16.7 Å². The molecule has 3 heteroatoms. The van der Waals surface area contributed by atoms with Crippen LogP contribution >= 0.6 is 11.8 Å². The van der Waals surface area contributed by atoms with E-state index in [1.807, 2.05) is 30.2 Å². The van der Waals surface area contributed by atoms with Crippen LogP contribution in [0, 0.1) is 6.92 Å². The lowest BCUT2D eigenvalue weighted by Crippen LogP contribution is -2.25. The number of pyridine rings is 1. The Kier molecular flexibility index (Phi) is 5.62. The SMILES string of the molecule is CCC(N)C(SCc1cccc(C)c1)c1cccnc1. The predicted octanol–water partition coefficient (Wildman–Crippen LogP) is 4.10. The fourth-order valence-corrected chi connectivity index (χ4v) is 3.54. The maximum atomic E-state index is 6.29. The third kappa shape index (κ3) is 4.09. The lowest BCUT2D eigenvalue weighted by Gasteiger charge is -2.22. The molecule has 0 fully saturated rings. The van der Waals surface area contributed by atoms with Crippen molar-refractivity contribution in [1.29, 1.82) is 0 Å². The molecule has 0 spiro atoms. The highest BCUT2D eigenvalue weighted by Gasteiger charge is 2.19. The van der Waals surface area contributed by atoms with Crippen molar-refractivity contribution in [3.05, 3.63) is 65.5 Å². The number of aryl methyl sites for hydroxylation is 1. The predicted molar refractivity (Wildman–Crippen MR) is 87.7 cm³/mol. The summed E-state index contributed by atoms with van der Waals surface area (Å²) in [6.45, 7) is 4.27. The lowest BCUT2D eigenvalue weighted by molar-refractivity contribution is 0.633. The summed E-state index contributed by atoms with van der Waals surface area (Å²) in [7, 11) is 0. The monoisotopic (exact) mass is 286 g/mol. The van der Waals surface area contributed by atoms with Gasteiger partial charge in [0.15, 0.2) is 0 Å². The van der Waals surface area contributed by atoms with Crippen molar-refractivity contribution in [3.63, 3.8) is 0 Å². The van der Waals surface area contributed by atoms with Gasteiger partial charge in [0.1, 0.15) is 0 Å². The second-order valence-electron chi connectivity index (χ2n) is 5.08. The van der Waals surface area contributed by atoms with Gasteiger partial charge < -0.3 is 5.73 Å². The minimum absolute atomic E-state index is 0.161. The third-order valence-corrected chi connectivity index (χ3v) is 4.87. The van der Waals surface area contributed by atoms with Crippen LogP contribution in [0.1, 0.15) is 35.3 Å². The van der Waals surface area contributed by atoms with Gasteiger partial charge in [-0.3, -0.25) is 4.98 Å². The number of aromatic nitrogens is 1. The molecule has 2 rings (SSSR count). The van der Waals surface area contributed by atoms with Gasteiger partial charge in [-0.05, 0) is 30.5 Å². The summed E-state index contributed by atoms with van der Waals surface area (Å²) in [6.07, 6.45) is 4.72. The molecule has 0 saturated heterocycles. The van der Waals surface area contributed by atoms with Gasteiger partial charge in [-0.2, -0.15) is 0 Å². The second kappa shape index (κ2) is 7.46. The maximum absolute atomic E-state index is 6.29. The normalized spacial score (nSPS) is 13.9. The molecular formula is C17H22N2S. The highest BCUT2D eigenvalue weighted by Crippen LogP contribution is 2.34. The first-order valence-corrected chi connectivity index (χ1v) is 8.08. The van der Waals surface area contributed by atoms with Crippen molar-refractivity contribution in [3.8, 4) is 0 Å². The largest absolute Gasteiger partial charge is 0.326 e. The van der Waals surface area contributed by atoms with Gasteiger partial charge in [0.25, 0.3) is 0 Å². The molecule has 0 amide bonds. The Morgan fingerprint density at radius 2 is 2.10 bits per heavy atom. The van der Waals surface area contributed by atoms with E-state index in [-0.39, 0.29) is 6.04 Å². The molecule has 1 aromatic carbocycles. The Labute approximate surface area is 125 Å². The summed E-state index contributed by atoms with van der Waals surface area (Å²) in [5, 5.41) is 0.300. The van der Waals surface area contributed by atoms with Crippen molar-refractivity contribution < 1.29 is 0 Å². The van der Waals surface area contributed by atoms with Crippen molar-refractivity contribution >= 4 is 11.8 Å². The number of rotatable bonds is 6. The van der Waals surface area contributed by atoms with Crippen molar-refractivity contribution in [2.24, 2.45) is 5.73 Å². The molecule has 0 aliphatic carbocycles. The summed E-state index contributed by atoms with van der Waals surface area (Å²) >= 11 is 1.90. The molecule has 1 heterocycles. The van der Waals surface area contributed by atoms with E-state index < -0.39 is 0 Å². The van der Waals surface area contributed by atoms with E-state index in [4.69, 9.17) is 5.73 Å². The van der Waals surface area contributed by atoms with Crippen LogP contribution in [0.2, 0.25) is 0 Å². The van der Waals surface area contributed by atoms with E-state index in [0.29, 0.717) is 5.25 Å². The van der Waals surface area contributed by atoms with E-state index in [2.05, 4.69) is 49.2 Å². The van der Waals surface area contributed by atoms with Crippen molar-refractivity contribution in [1.82, 2.24) is 4.98 Å².